The van der Waals surface area contributed by atoms with Gasteiger partial charge in [-0.05, 0) is 0 Å². The van der Waals surface area contributed by atoms with Gasteiger partial charge in [-0.25, -0.2) is 4.79 Å². The molecule has 11 heteroatoms. The average Bonchev–Trinajstić information content (AvgIpc) is 2.59. The van der Waals surface area contributed by atoms with Gasteiger partial charge in [-0.1, -0.05) is 4.73 Å². The number of methoxy groups -OCH3 is 1. The van der Waals surface area contributed by atoms with E-state index in [1.807, 2.05) is 0 Å². The lowest BCUT2D eigenvalue weighted by Crippen LogP contribution is -2.43. The van der Waals surface area contributed by atoms with Gasteiger partial charge in [0.2, 0.25) is 11.8 Å². The lowest BCUT2D eigenvalue weighted by molar-refractivity contribution is -0.158. The van der Waals surface area contributed by atoms with Crippen molar-refractivity contribution in [1.82, 2.24) is 4.73 Å². The maximum atomic E-state index is 13.1. The van der Waals surface area contributed by atoms with Crippen LogP contribution in [0.1, 0.15) is 0 Å². The molecule has 8 nitrogen and oxygen atoms in total. The summed E-state index contributed by atoms with van der Waals surface area (Å²) in [4.78, 5) is 10.6. The van der Waals surface area contributed by atoms with E-state index in [-0.39, 0.29) is 4.73 Å². The van der Waals surface area contributed by atoms with Gasteiger partial charge in [0.1, 0.15) is 0 Å². The minimum absolute atomic E-state index is 0.202. The quantitative estimate of drug-likeness (QED) is 0.712. The minimum atomic E-state index is -5.80. The molecule has 0 aliphatic rings. The van der Waals surface area contributed by atoms with Crippen LogP contribution in [-0.4, -0.2) is 41.7 Å². The molecule has 0 aliphatic carbocycles. The Morgan fingerprint density at radius 2 is 1.78 bits per heavy atom. The summed E-state index contributed by atoms with van der Waals surface area (Å²) in [5, 5.41) is 13.0. The van der Waals surface area contributed by atoms with E-state index in [1.54, 1.807) is 0 Å². The molecule has 1 aromatic heterocycles. The Morgan fingerprint density at radius 1 is 1.33 bits per heavy atom. The number of carbonyl (C=O) groups is 1. The number of hydrogen-bond donors (Lipinski definition) is 2. The summed E-state index contributed by atoms with van der Waals surface area (Å²) in [5.74, 6) is -4.29. The number of hydrogen-bond acceptors (Lipinski definition) is 7. The summed E-state index contributed by atoms with van der Waals surface area (Å²) in [6.45, 7) is 0. The summed E-state index contributed by atoms with van der Waals surface area (Å²) < 4.78 is 55.5. The van der Waals surface area contributed by atoms with Gasteiger partial charge in [0.05, 0.1) is 7.11 Å². The maximum Gasteiger partial charge on any atom is 0.478 e. The van der Waals surface area contributed by atoms with E-state index in [1.165, 1.54) is 0 Å². The average molecular weight is 287 g/mol. The van der Waals surface area contributed by atoms with Crippen LogP contribution in [0.15, 0.2) is 12.1 Å². The molecule has 0 amide bonds. The van der Waals surface area contributed by atoms with Crippen LogP contribution in [0.5, 0.6) is 11.8 Å². The lowest BCUT2D eigenvalue weighted by atomic mass is 10.6. The van der Waals surface area contributed by atoms with Crippen LogP contribution in [0.25, 0.3) is 0 Å². The number of halogens is 2. The van der Waals surface area contributed by atoms with E-state index in [4.69, 9.17) is 10.2 Å². The summed E-state index contributed by atoms with van der Waals surface area (Å²) >= 11 is 0. The van der Waals surface area contributed by atoms with Crippen molar-refractivity contribution in [1.29, 1.82) is 0 Å². The van der Waals surface area contributed by atoms with Crippen LogP contribution in [-0.2, 0) is 19.6 Å². The Kier molecular flexibility index (Phi) is 3.37. The van der Waals surface area contributed by atoms with Crippen molar-refractivity contribution in [3.63, 3.8) is 0 Å². The summed E-state index contributed by atoms with van der Waals surface area (Å²) in [5.41, 5.74) is 0. The van der Waals surface area contributed by atoms with Crippen molar-refractivity contribution in [2.24, 2.45) is 0 Å². The zero-order valence-electron chi connectivity index (χ0n) is 8.70. The Hall–Kier alpha value is -2.04. The number of nitrogens with zero attached hydrogens (tertiary/aromatic N) is 1. The highest BCUT2D eigenvalue weighted by Crippen LogP contribution is 2.26. The monoisotopic (exact) mass is 287 g/mol. The van der Waals surface area contributed by atoms with Crippen LogP contribution >= 0.6 is 0 Å². The highest BCUT2D eigenvalue weighted by molar-refractivity contribution is 7.88. The molecule has 1 rings (SSSR count). The molecule has 0 atom stereocenters. The standard InChI is InChI=1S/C7H7F2NO7S/c1-16-6(13)7(8,9)18(14,15)17-10-4(11)2-3-5(10)12/h2-3,11-12H,1H3. The van der Waals surface area contributed by atoms with Crippen molar-refractivity contribution < 1.29 is 41.2 Å². The number of ether oxygens (including phenoxy) is 1. The molecular formula is C7H7F2NO7S. The molecule has 0 radical (unpaired) electrons. The first-order valence-electron chi connectivity index (χ1n) is 4.14. The number of carbonyl (C=O) groups excluding carboxylic acids is 1. The second kappa shape index (κ2) is 4.33. The molecule has 102 valence electrons. The number of rotatable bonds is 4. The fourth-order valence-corrected chi connectivity index (χ4v) is 1.57. The molecule has 1 heterocycles. The maximum absolute atomic E-state index is 13.1. The molecule has 18 heavy (non-hydrogen) atoms. The summed E-state index contributed by atoms with van der Waals surface area (Å²) in [6.07, 6.45) is 0. The first kappa shape index (κ1) is 14.0. The number of alkyl halides is 2. The molecule has 0 saturated carbocycles. The first-order chi connectivity index (χ1) is 8.13. The lowest BCUT2D eigenvalue weighted by Gasteiger charge is -2.15. The highest BCUT2D eigenvalue weighted by atomic mass is 32.2. The molecule has 0 spiro atoms. The van der Waals surface area contributed by atoms with Crippen molar-refractivity contribution in [2.75, 3.05) is 7.11 Å². The molecule has 1 aromatic rings. The number of aromatic hydroxyl groups is 2. The highest BCUT2D eigenvalue weighted by Gasteiger charge is 2.57. The van der Waals surface area contributed by atoms with Gasteiger partial charge in [0.25, 0.3) is 0 Å². The molecule has 0 unspecified atom stereocenters. The molecule has 0 saturated heterocycles. The predicted molar refractivity (Wildman–Crippen MR) is 50.2 cm³/mol. The van der Waals surface area contributed by atoms with Crippen LogP contribution in [0, 0.1) is 0 Å². The fourth-order valence-electron chi connectivity index (χ4n) is 0.844. The normalized spacial score (nSPS) is 12.2. The Bertz CT molecular complexity index is 545. The van der Waals surface area contributed by atoms with Crippen molar-refractivity contribution in [2.45, 2.75) is 5.25 Å². The molecular weight excluding hydrogens is 280 g/mol. The van der Waals surface area contributed by atoms with Crippen LogP contribution in [0.2, 0.25) is 0 Å². The van der Waals surface area contributed by atoms with E-state index in [0.717, 1.165) is 12.1 Å². The SMILES string of the molecule is COC(=O)C(F)(F)S(=O)(=O)On1c(O)ccc1O. The molecule has 0 aliphatic heterocycles. The molecule has 2 N–H and O–H groups in total. The molecule has 0 aromatic carbocycles. The molecule has 0 bridgehead atoms. The largest absolute Gasteiger partial charge is 0.492 e. The van der Waals surface area contributed by atoms with E-state index in [2.05, 4.69) is 9.02 Å². The van der Waals surface area contributed by atoms with Crippen molar-refractivity contribution >= 4 is 16.1 Å². The van der Waals surface area contributed by atoms with Crippen LogP contribution in [0.3, 0.4) is 0 Å². The summed E-state index contributed by atoms with van der Waals surface area (Å²) in [6, 6.07) is 1.56. The topological polar surface area (TPSA) is 115 Å². The second-order valence-electron chi connectivity index (χ2n) is 2.88. The fraction of sp³-hybridized carbons (Fsp3) is 0.286. The Morgan fingerprint density at radius 3 is 2.17 bits per heavy atom. The van der Waals surface area contributed by atoms with Gasteiger partial charge in [-0.15, -0.1) is 0 Å². The van der Waals surface area contributed by atoms with Gasteiger partial charge < -0.3 is 14.9 Å². The number of aromatic nitrogens is 1. The molecule has 0 fully saturated rings. The number of esters is 1. The Balaban J connectivity index is 3.14. The van der Waals surface area contributed by atoms with Crippen molar-refractivity contribution in [3.05, 3.63) is 12.1 Å². The zero-order valence-corrected chi connectivity index (χ0v) is 9.52. The smallest absolute Gasteiger partial charge is 0.478 e. The van der Waals surface area contributed by atoms with Crippen LogP contribution in [0.4, 0.5) is 8.78 Å². The van der Waals surface area contributed by atoms with Gasteiger partial charge >= 0.3 is 21.3 Å². The van der Waals surface area contributed by atoms with Crippen LogP contribution < -0.4 is 4.28 Å². The third kappa shape index (κ3) is 2.16. The van der Waals surface area contributed by atoms with E-state index in [9.17, 15) is 22.0 Å². The third-order valence-corrected chi connectivity index (χ3v) is 2.85. The minimum Gasteiger partial charge on any atom is -0.492 e. The van der Waals surface area contributed by atoms with Gasteiger partial charge in [0, 0.05) is 12.1 Å². The Labute approximate surface area is 99.0 Å². The first-order valence-corrected chi connectivity index (χ1v) is 5.54. The van der Waals surface area contributed by atoms with Gasteiger partial charge in [-0.3, -0.25) is 4.28 Å². The second-order valence-corrected chi connectivity index (χ2v) is 4.45. The zero-order chi connectivity index (χ0) is 14.1. The van der Waals surface area contributed by atoms with E-state index >= 15 is 0 Å². The van der Waals surface area contributed by atoms with E-state index < -0.39 is 33.1 Å². The van der Waals surface area contributed by atoms with Gasteiger partial charge in [0.15, 0.2) is 0 Å². The summed E-state index contributed by atoms with van der Waals surface area (Å²) in [7, 11) is -5.25. The van der Waals surface area contributed by atoms with Gasteiger partial charge in [-0.2, -0.15) is 17.2 Å². The third-order valence-electron chi connectivity index (χ3n) is 1.71. The predicted octanol–water partition coefficient (Wildman–Crippen LogP) is -0.577. The van der Waals surface area contributed by atoms with Crippen molar-refractivity contribution in [3.8, 4) is 11.8 Å². The van der Waals surface area contributed by atoms with E-state index in [0.29, 0.717) is 7.11 Å².